The monoisotopic (exact) mass is 278 g/mol. The fourth-order valence-corrected chi connectivity index (χ4v) is 2.78. The van der Waals surface area contributed by atoms with Gasteiger partial charge in [-0.3, -0.25) is 4.79 Å². The van der Waals surface area contributed by atoms with Gasteiger partial charge in [0.1, 0.15) is 5.76 Å². The second-order valence-electron chi connectivity index (χ2n) is 6.53. The summed E-state index contributed by atoms with van der Waals surface area (Å²) >= 11 is 0. The van der Waals surface area contributed by atoms with Gasteiger partial charge in [-0.15, -0.1) is 0 Å². The molecule has 4 nitrogen and oxygen atoms in total. The molecule has 0 spiro atoms. The van der Waals surface area contributed by atoms with Crippen molar-refractivity contribution in [1.29, 1.82) is 0 Å². The van der Waals surface area contributed by atoms with Crippen LogP contribution >= 0.6 is 0 Å². The maximum absolute atomic E-state index is 12.5. The van der Waals surface area contributed by atoms with Crippen molar-refractivity contribution < 1.29 is 9.21 Å². The lowest BCUT2D eigenvalue weighted by molar-refractivity contribution is -0.134. The van der Waals surface area contributed by atoms with Crippen LogP contribution in [0.1, 0.15) is 58.1 Å². The molecular weight excluding hydrogens is 252 g/mol. The van der Waals surface area contributed by atoms with Crippen molar-refractivity contribution >= 4 is 5.91 Å². The Morgan fingerprint density at radius 1 is 1.45 bits per heavy atom. The molecule has 4 heteroatoms. The van der Waals surface area contributed by atoms with Gasteiger partial charge in [-0.1, -0.05) is 12.8 Å². The summed E-state index contributed by atoms with van der Waals surface area (Å²) in [5, 5.41) is 0. The fourth-order valence-electron chi connectivity index (χ4n) is 2.78. The summed E-state index contributed by atoms with van der Waals surface area (Å²) in [6.07, 6.45) is 7.55. The number of nitrogens with two attached hydrogens (primary N) is 1. The van der Waals surface area contributed by atoms with E-state index in [1.54, 1.807) is 6.26 Å². The van der Waals surface area contributed by atoms with Crippen LogP contribution in [0.4, 0.5) is 0 Å². The van der Waals surface area contributed by atoms with Gasteiger partial charge in [-0.25, -0.2) is 0 Å². The summed E-state index contributed by atoms with van der Waals surface area (Å²) in [5.41, 5.74) is 5.69. The smallest absolute Gasteiger partial charge is 0.223 e. The van der Waals surface area contributed by atoms with Crippen molar-refractivity contribution in [3.05, 3.63) is 24.2 Å². The van der Waals surface area contributed by atoms with E-state index >= 15 is 0 Å². The van der Waals surface area contributed by atoms with Crippen LogP contribution in [0.3, 0.4) is 0 Å². The van der Waals surface area contributed by atoms with Gasteiger partial charge in [0.2, 0.25) is 5.91 Å². The molecule has 112 valence electrons. The number of carbonyl (C=O) groups excluding carboxylic acids is 1. The van der Waals surface area contributed by atoms with Crippen LogP contribution in [-0.2, 0) is 11.3 Å². The summed E-state index contributed by atoms with van der Waals surface area (Å²) in [7, 11) is 0. The zero-order valence-electron chi connectivity index (χ0n) is 12.6. The highest BCUT2D eigenvalue weighted by Crippen LogP contribution is 2.26. The molecule has 1 aliphatic rings. The topological polar surface area (TPSA) is 59.5 Å². The van der Waals surface area contributed by atoms with E-state index in [9.17, 15) is 4.79 Å². The molecule has 1 saturated carbocycles. The van der Waals surface area contributed by atoms with E-state index in [1.807, 2.05) is 30.9 Å². The molecule has 0 radical (unpaired) electrons. The van der Waals surface area contributed by atoms with Crippen molar-refractivity contribution in [2.45, 2.75) is 70.5 Å². The van der Waals surface area contributed by atoms with Crippen molar-refractivity contribution in [3.8, 4) is 0 Å². The quantitative estimate of drug-likeness (QED) is 0.870. The Hall–Kier alpha value is -1.29. The number of amides is 1. The lowest BCUT2D eigenvalue weighted by Crippen LogP contribution is -2.40. The average Bonchev–Trinajstić information content (AvgIpc) is 3.04. The van der Waals surface area contributed by atoms with Crippen LogP contribution in [0.5, 0.6) is 0 Å². The molecule has 0 aromatic carbocycles. The van der Waals surface area contributed by atoms with Crippen molar-refractivity contribution in [2.75, 3.05) is 0 Å². The minimum absolute atomic E-state index is 0.201. The molecule has 1 amide bonds. The van der Waals surface area contributed by atoms with Gasteiger partial charge in [0.15, 0.2) is 0 Å². The Morgan fingerprint density at radius 3 is 2.70 bits per heavy atom. The van der Waals surface area contributed by atoms with Gasteiger partial charge in [0.05, 0.1) is 12.8 Å². The molecule has 1 aromatic heterocycles. The first kappa shape index (κ1) is 15.1. The molecule has 2 rings (SSSR count). The van der Waals surface area contributed by atoms with Crippen molar-refractivity contribution in [3.63, 3.8) is 0 Å². The highest BCUT2D eigenvalue weighted by atomic mass is 16.3. The second-order valence-corrected chi connectivity index (χ2v) is 6.53. The molecule has 0 bridgehead atoms. The number of nitrogens with zero attached hydrogens (tertiary/aromatic N) is 1. The Balaban J connectivity index is 1.99. The maximum Gasteiger partial charge on any atom is 0.223 e. The minimum Gasteiger partial charge on any atom is -0.467 e. The lowest BCUT2D eigenvalue weighted by atomic mass is 9.99. The molecule has 2 N–H and O–H groups in total. The SMILES string of the molecule is CC(C)(N)CCC(=O)N(Cc1ccco1)C1CCCC1. The predicted molar refractivity (Wildman–Crippen MR) is 79.0 cm³/mol. The largest absolute Gasteiger partial charge is 0.467 e. The summed E-state index contributed by atoms with van der Waals surface area (Å²) < 4.78 is 5.40. The van der Waals surface area contributed by atoms with Crippen LogP contribution in [0, 0.1) is 0 Å². The Morgan fingerprint density at radius 2 is 2.15 bits per heavy atom. The number of furan rings is 1. The number of hydrogen-bond acceptors (Lipinski definition) is 3. The van der Waals surface area contributed by atoms with Gasteiger partial charge >= 0.3 is 0 Å². The van der Waals surface area contributed by atoms with E-state index < -0.39 is 0 Å². The predicted octanol–water partition coefficient (Wildman–Crippen LogP) is 3.07. The van der Waals surface area contributed by atoms with Gasteiger partial charge in [-0.05, 0) is 45.2 Å². The Kier molecular flexibility index (Phi) is 4.86. The van der Waals surface area contributed by atoms with Crippen LogP contribution in [0.2, 0.25) is 0 Å². The van der Waals surface area contributed by atoms with Crippen LogP contribution in [0.25, 0.3) is 0 Å². The third-order valence-electron chi connectivity index (χ3n) is 3.98. The average molecular weight is 278 g/mol. The molecule has 0 saturated heterocycles. The number of hydrogen-bond donors (Lipinski definition) is 1. The minimum atomic E-state index is -0.290. The van der Waals surface area contributed by atoms with Gasteiger partial charge in [0, 0.05) is 18.0 Å². The second kappa shape index (κ2) is 6.44. The number of rotatable bonds is 6. The first-order chi connectivity index (χ1) is 9.46. The lowest BCUT2D eigenvalue weighted by Gasteiger charge is -2.29. The van der Waals surface area contributed by atoms with Crippen LogP contribution < -0.4 is 5.73 Å². The van der Waals surface area contributed by atoms with Gasteiger partial charge in [0.25, 0.3) is 0 Å². The molecular formula is C16H26N2O2. The molecule has 0 unspecified atom stereocenters. The third-order valence-corrected chi connectivity index (χ3v) is 3.98. The van der Waals surface area contributed by atoms with Crippen molar-refractivity contribution in [1.82, 2.24) is 4.90 Å². The summed E-state index contributed by atoms with van der Waals surface area (Å²) in [6.45, 7) is 4.51. The summed E-state index contributed by atoms with van der Waals surface area (Å²) in [5.74, 6) is 1.06. The van der Waals surface area contributed by atoms with E-state index in [-0.39, 0.29) is 11.4 Å². The zero-order valence-corrected chi connectivity index (χ0v) is 12.6. The first-order valence-electron chi connectivity index (χ1n) is 7.56. The highest BCUT2D eigenvalue weighted by Gasteiger charge is 2.28. The summed E-state index contributed by atoms with van der Waals surface area (Å²) in [6, 6.07) is 4.17. The molecule has 1 aliphatic carbocycles. The molecule has 0 atom stereocenters. The number of carbonyl (C=O) groups is 1. The highest BCUT2D eigenvalue weighted by molar-refractivity contribution is 5.76. The molecule has 0 aliphatic heterocycles. The standard InChI is InChI=1S/C16H26N2O2/c1-16(2,17)10-9-15(19)18(13-6-3-4-7-13)12-14-8-5-11-20-14/h5,8,11,13H,3-4,6-7,9-10,12,17H2,1-2H3. The first-order valence-corrected chi connectivity index (χ1v) is 7.56. The normalized spacial score (nSPS) is 16.6. The van der Waals surface area contributed by atoms with Crippen LogP contribution in [-0.4, -0.2) is 22.4 Å². The molecule has 1 fully saturated rings. The zero-order chi connectivity index (χ0) is 14.6. The molecule has 1 aromatic rings. The van der Waals surface area contributed by atoms with Gasteiger partial charge < -0.3 is 15.1 Å². The van der Waals surface area contributed by atoms with Crippen LogP contribution in [0.15, 0.2) is 22.8 Å². The van der Waals surface area contributed by atoms with E-state index in [1.165, 1.54) is 12.8 Å². The van der Waals surface area contributed by atoms with Crippen molar-refractivity contribution in [2.24, 2.45) is 5.73 Å². The van der Waals surface area contributed by atoms with E-state index in [2.05, 4.69) is 0 Å². The fraction of sp³-hybridized carbons (Fsp3) is 0.688. The van der Waals surface area contributed by atoms with E-state index in [0.29, 0.717) is 25.4 Å². The summed E-state index contributed by atoms with van der Waals surface area (Å²) in [4.78, 5) is 14.5. The Labute approximate surface area is 121 Å². The molecule has 20 heavy (non-hydrogen) atoms. The maximum atomic E-state index is 12.5. The van der Waals surface area contributed by atoms with E-state index in [0.717, 1.165) is 18.6 Å². The third kappa shape index (κ3) is 4.37. The molecule has 1 heterocycles. The van der Waals surface area contributed by atoms with E-state index in [4.69, 9.17) is 10.2 Å². The Bertz CT molecular complexity index is 414. The van der Waals surface area contributed by atoms with Gasteiger partial charge in [-0.2, -0.15) is 0 Å².